The normalized spacial score (nSPS) is 21.2. The van der Waals surface area contributed by atoms with Crippen LogP contribution < -0.4 is 5.73 Å². The van der Waals surface area contributed by atoms with Gasteiger partial charge < -0.3 is 5.73 Å². The first-order valence-corrected chi connectivity index (χ1v) is 8.15. The van der Waals surface area contributed by atoms with Gasteiger partial charge in [-0.3, -0.25) is 9.80 Å². The van der Waals surface area contributed by atoms with Crippen molar-refractivity contribution in [3.8, 4) is 6.07 Å². The van der Waals surface area contributed by atoms with E-state index >= 15 is 0 Å². The lowest BCUT2D eigenvalue weighted by atomic mass is 9.76. The van der Waals surface area contributed by atoms with E-state index in [-0.39, 0.29) is 11.7 Å². The molecule has 1 aromatic rings. The number of carbonyl (C=O) groups is 1. The van der Waals surface area contributed by atoms with Crippen LogP contribution in [-0.4, -0.2) is 29.9 Å². The highest BCUT2D eigenvalue weighted by Gasteiger charge is 2.40. The van der Waals surface area contributed by atoms with Gasteiger partial charge in [0, 0.05) is 31.8 Å². The number of allylic oxidation sites excluding steroid dienone is 3. The molecule has 1 heterocycles. The molecule has 0 saturated carbocycles. The Morgan fingerprint density at radius 3 is 2.50 bits per heavy atom. The van der Waals surface area contributed by atoms with Crippen LogP contribution in [-0.2, 0) is 4.79 Å². The molecule has 1 atom stereocenters. The van der Waals surface area contributed by atoms with Gasteiger partial charge in [0.15, 0.2) is 5.78 Å². The number of hydrogen-bond donors (Lipinski definition) is 1. The second kappa shape index (κ2) is 6.14. The molecular weight excluding hydrogens is 300 g/mol. The van der Waals surface area contributed by atoms with Crippen LogP contribution in [0.2, 0.25) is 0 Å². The summed E-state index contributed by atoms with van der Waals surface area (Å²) in [6.45, 7) is 2.02. The number of nitrogens with two attached hydrogens (primary N) is 1. The summed E-state index contributed by atoms with van der Waals surface area (Å²) < 4.78 is 0. The van der Waals surface area contributed by atoms with E-state index in [2.05, 4.69) is 6.07 Å². The van der Waals surface area contributed by atoms with E-state index in [1.54, 1.807) is 0 Å². The van der Waals surface area contributed by atoms with Crippen molar-refractivity contribution in [3.63, 3.8) is 0 Å². The molecule has 1 aliphatic heterocycles. The minimum absolute atomic E-state index is 0.119. The summed E-state index contributed by atoms with van der Waals surface area (Å²) in [6.07, 6.45) is 2.14. The van der Waals surface area contributed by atoms with E-state index in [9.17, 15) is 10.1 Å². The highest BCUT2D eigenvalue weighted by atomic mass is 16.1. The minimum atomic E-state index is -0.366. The van der Waals surface area contributed by atoms with Gasteiger partial charge in [-0.25, -0.2) is 5.01 Å². The summed E-state index contributed by atoms with van der Waals surface area (Å²) in [5.74, 6) is 0.171. The number of carbonyl (C=O) groups excluding carboxylic acids is 1. The molecule has 1 aliphatic carbocycles. The number of Topliss-reactive ketones (excluding diaryl/α,β-unsaturated/α-hetero) is 1. The topological polar surface area (TPSA) is 73.4 Å². The second-order valence-electron chi connectivity index (χ2n) is 6.55. The van der Waals surface area contributed by atoms with Crippen LogP contribution in [0.3, 0.4) is 0 Å². The summed E-state index contributed by atoms with van der Waals surface area (Å²) in [5, 5.41) is 13.4. The third-order valence-electron chi connectivity index (χ3n) is 4.70. The number of hydrazine groups is 1. The fourth-order valence-corrected chi connectivity index (χ4v) is 3.62. The number of benzene rings is 1. The predicted molar refractivity (Wildman–Crippen MR) is 92.2 cm³/mol. The summed E-state index contributed by atoms with van der Waals surface area (Å²) in [6, 6.07) is 10.2. The molecule has 5 nitrogen and oxygen atoms in total. The van der Waals surface area contributed by atoms with E-state index in [0.717, 1.165) is 35.2 Å². The molecule has 0 aromatic heterocycles. The van der Waals surface area contributed by atoms with Gasteiger partial charge in [0.2, 0.25) is 0 Å². The average Bonchev–Trinajstić information content (AvgIpc) is 2.54. The number of rotatable bonds is 2. The van der Waals surface area contributed by atoms with Crippen molar-refractivity contribution in [3.05, 3.63) is 58.1 Å². The molecule has 2 N–H and O–H groups in total. The monoisotopic (exact) mass is 322 g/mol. The van der Waals surface area contributed by atoms with Crippen LogP contribution in [0.5, 0.6) is 0 Å². The Balaban J connectivity index is 2.25. The smallest absolute Gasteiger partial charge is 0.161 e. The molecule has 24 heavy (non-hydrogen) atoms. The van der Waals surface area contributed by atoms with E-state index in [0.29, 0.717) is 17.8 Å². The van der Waals surface area contributed by atoms with E-state index in [1.165, 1.54) is 0 Å². The van der Waals surface area contributed by atoms with Gasteiger partial charge in [0.1, 0.15) is 5.82 Å². The molecule has 5 heteroatoms. The summed E-state index contributed by atoms with van der Waals surface area (Å²) >= 11 is 0. The van der Waals surface area contributed by atoms with Crippen molar-refractivity contribution in [2.45, 2.75) is 32.1 Å². The predicted octanol–water partition coefficient (Wildman–Crippen LogP) is 2.57. The quantitative estimate of drug-likeness (QED) is 0.906. The molecular formula is C19H22N4O. The van der Waals surface area contributed by atoms with Crippen LogP contribution in [0, 0.1) is 18.3 Å². The van der Waals surface area contributed by atoms with E-state index < -0.39 is 0 Å². The van der Waals surface area contributed by atoms with Crippen molar-refractivity contribution in [2.24, 2.45) is 5.73 Å². The Kier molecular flexibility index (Phi) is 4.16. The highest BCUT2D eigenvalue weighted by molar-refractivity contribution is 5.99. The minimum Gasteiger partial charge on any atom is -0.383 e. The zero-order chi connectivity index (χ0) is 17.4. The Hall–Kier alpha value is -2.58. The molecule has 0 saturated heterocycles. The Labute approximate surface area is 142 Å². The van der Waals surface area contributed by atoms with Crippen LogP contribution in [0.4, 0.5) is 0 Å². The average molecular weight is 322 g/mol. The number of hydrogen-bond acceptors (Lipinski definition) is 5. The molecule has 2 aliphatic rings. The van der Waals surface area contributed by atoms with Crippen molar-refractivity contribution >= 4 is 5.78 Å². The lowest BCUT2D eigenvalue weighted by Crippen LogP contribution is -2.45. The van der Waals surface area contributed by atoms with Crippen LogP contribution >= 0.6 is 0 Å². The summed E-state index contributed by atoms with van der Waals surface area (Å²) in [4.78, 5) is 12.7. The number of aryl methyl sites for hydroxylation is 1. The van der Waals surface area contributed by atoms with Crippen molar-refractivity contribution < 1.29 is 4.79 Å². The first kappa shape index (κ1) is 16.3. The lowest BCUT2D eigenvalue weighted by Gasteiger charge is -2.42. The van der Waals surface area contributed by atoms with Gasteiger partial charge in [0.25, 0.3) is 0 Å². The highest BCUT2D eigenvalue weighted by Crippen LogP contribution is 2.44. The number of nitriles is 1. The maximum Gasteiger partial charge on any atom is 0.161 e. The van der Waals surface area contributed by atoms with E-state index in [4.69, 9.17) is 5.73 Å². The van der Waals surface area contributed by atoms with Crippen LogP contribution in [0.1, 0.15) is 36.3 Å². The van der Waals surface area contributed by atoms with Gasteiger partial charge in [0.05, 0.1) is 17.6 Å². The summed E-state index contributed by atoms with van der Waals surface area (Å²) in [7, 11) is 3.75. The molecule has 124 valence electrons. The van der Waals surface area contributed by atoms with Crippen molar-refractivity contribution in [1.29, 1.82) is 5.26 Å². The fraction of sp³-hybridized carbons (Fsp3) is 0.368. The zero-order valence-electron chi connectivity index (χ0n) is 14.3. The third kappa shape index (κ3) is 2.49. The Morgan fingerprint density at radius 2 is 1.92 bits per heavy atom. The van der Waals surface area contributed by atoms with Gasteiger partial charge in [-0.2, -0.15) is 5.26 Å². The standard InChI is InChI=1S/C19H22N4O/c1-12-7-9-13(10-8-12)17-14(11-20)19(21)23(22(2)3)15-5-4-6-16(24)18(15)17/h7-10,17H,4-6,21H2,1-3H3/t17-/m0/s1. The SMILES string of the molecule is Cc1ccc([C@H]2C(C#N)=C(N)N(N(C)C)C3=C2C(=O)CCC3)cc1. The molecule has 0 unspecified atom stereocenters. The fourth-order valence-electron chi connectivity index (χ4n) is 3.62. The molecule has 1 aromatic carbocycles. The molecule has 0 radical (unpaired) electrons. The maximum absolute atomic E-state index is 12.7. The van der Waals surface area contributed by atoms with Crippen LogP contribution in [0.25, 0.3) is 0 Å². The summed E-state index contributed by atoms with van der Waals surface area (Å²) in [5.41, 5.74) is 10.5. The third-order valence-corrected chi connectivity index (χ3v) is 4.70. The lowest BCUT2D eigenvalue weighted by molar-refractivity contribution is -0.116. The van der Waals surface area contributed by atoms with Crippen molar-refractivity contribution in [1.82, 2.24) is 10.0 Å². The van der Waals surface area contributed by atoms with E-state index in [1.807, 2.05) is 55.3 Å². The first-order valence-electron chi connectivity index (χ1n) is 8.15. The Bertz CT molecular complexity index is 781. The maximum atomic E-state index is 12.7. The molecule has 0 fully saturated rings. The van der Waals surface area contributed by atoms with Gasteiger partial charge in [-0.05, 0) is 25.3 Å². The molecule has 0 bridgehead atoms. The second-order valence-corrected chi connectivity index (χ2v) is 6.55. The van der Waals surface area contributed by atoms with Gasteiger partial charge in [-0.1, -0.05) is 29.8 Å². The zero-order valence-corrected chi connectivity index (χ0v) is 14.3. The number of nitrogens with zero attached hydrogens (tertiary/aromatic N) is 3. The largest absolute Gasteiger partial charge is 0.383 e. The molecule has 0 spiro atoms. The number of ketones is 1. The van der Waals surface area contributed by atoms with Gasteiger partial charge in [-0.15, -0.1) is 0 Å². The Morgan fingerprint density at radius 1 is 1.25 bits per heavy atom. The first-order chi connectivity index (χ1) is 11.5. The van der Waals surface area contributed by atoms with Crippen molar-refractivity contribution in [2.75, 3.05) is 14.1 Å². The van der Waals surface area contributed by atoms with Gasteiger partial charge >= 0.3 is 0 Å². The molecule has 3 rings (SSSR count). The van der Waals surface area contributed by atoms with Crippen LogP contribution in [0.15, 0.2) is 46.9 Å². The molecule has 0 amide bonds.